The Balaban J connectivity index is 1.73. The second kappa shape index (κ2) is 6.85. The fourth-order valence-corrected chi connectivity index (χ4v) is 3.87. The van der Waals surface area contributed by atoms with Crippen molar-refractivity contribution in [3.8, 4) is 0 Å². The predicted octanol–water partition coefficient (Wildman–Crippen LogP) is 1.86. The molecule has 1 aliphatic rings. The Hall–Kier alpha value is -2.38. The molecule has 0 aliphatic heterocycles. The third kappa shape index (κ3) is 4.37. The Morgan fingerprint density at radius 1 is 1.16 bits per heavy atom. The molecule has 0 saturated carbocycles. The number of hydrogen-bond donors (Lipinski definition) is 3. The van der Waals surface area contributed by atoms with Crippen LogP contribution in [0.3, 0.4) is 0 Å². The zero-order chi connectivity index (χ0) is 18.0. The van der Waals surface area contributed by atoms with E-state index < -0.39 is 10.0 Å². The molecule has 0 aromatic heterocycles. The Morgan fingerprint density at radius 3 is 2.56 bits per heavy atom. The summed E-state index contributed by atoms with van der Waals surface area (Å²) in [5, 5.41) is 8.08. The molecule has 0 heterocycles. The van der Waals surface area contributed by atoms with E-state index in [-0.39, 0.29) is 17.7 Å². The number of aryl methyl sites for hydroxylation is 1. The highest BCUT2D eigenvalue weighted by Gasteiger charge is 2.22. The number of rotatable bonds is 4. The molecular formula is C18H21N3O3S. The van der Waals surface area contributed by atoms with E-state index in [9.17, 15) is 13.2 Å². The number of nitrogens with one attached hydrogen (secondary N) is 1. The summed E-state index contributed by atoms with van der Waals surface area (Å²) in [5.41, 5.74) is 9.90. The van der Waals surface area contributed by atoms with Crippen LogP contribution in [-0.4, -0.2) is 14.3 Å². The van der Waals surface area contributed by atoms with Gasteiger partial charge < -0.3 is 11.1 Å². The lowest BCUT2D eigenvalue weighted by Gasteiger charge is -2.26. The van der Waals surface area contributed by atoms with Gasteiger partial charge in [0.15, 0.2) is 0 Å². The van der Waals surface area contributed by atoms with E-state index >= 15 is 0 Å². The number of anilines is 1. The normalized spacial score (nSPS) is 16.9. The largest absolute Gasteiger partial charge is 0.399 e. The predicted molar refractivity (Wildman–Crippen MR) is 97.3 cm³/mol. The number of primary sulfonamides is 1. The number of carbonyl (C=O) groups excluding carboxylic acids is 1. The third-order valence-electron chi connectivity index (χ3n) is 4.37. The van der Waals surface area contributed by atoms with Crippen LogP contribution in [0, 0.1) is 0 Å². The van der Waals surface area contributed by atoms with Crippen LogP contribution in [-0.2, 0) is 22.2 Å². The Labute approximate surface area is 147 Å². The minimum Gasteiger partial charge on any atom is -0.399 e. The zero-order valence-corrected chi connectivity index (χ0v) is 14.6. The van der Waals surface area contributed by atoms with Crippen molar-refractivity contribution in [3.63, 3.8) is 0 Å². The molecule has 0 saturated heterocycles. The molecule has 1 unspecified atom stereocenters. The molecule has 2 aromatic rings. The van der Waals surface area contributed by atoms with E-state index in [1.54, 1.807) is 24.3 Å². The lowest BCUT2D eigenvalue weighted by atomic mass is 9.87. The highest BCUT2D eigenvalue weighted by molar-refractivity contribution is 7.88. The maximum atomic E-state index is 12.5. The first kappa shape index (κ1) is 17.4. The molecule has 1 amide bonds. The Kier molecular flexibility index (Phi) is 4.78. The molecule has 1 aliphatic carbocycles. The summed E-state index contributed by atoms with van der Waals surface area (Å²) >= 11 is 0. The number of sulfonamides is 1. The van der Waals surface area contributed by atoms with Crippen LogP contribution in [0.4, 0.5) is 5.69 Å². The summed E-state index contributed by atoms with van der Waals surface area (Å²) in [4.78, 5) is 12.5. The molecule has 2 aromatic carbocycles. The molecule has 25 heavy (non-hydrogen) atoms. The smallest absolute Gasteiger partial charge is 0.251 e. The second-order valence-corrected chi connectivity index (χ2v) is 8.00. The maximum Gasteiger partial charge on any atom is 0.251 e. The number of nitrogen functional groups attached to an aromatic ring is 1. The van der Waals surface area contributed by atoms with Crippen molar-refractivity contribution in [1.82, 2.24) is 5.32 Å². The van der Waals surface area contributed by atoms with Gasteiger partial charge in [0.05, 0.1) is 11.8 Å². The molecule has 0 bridgehead atoms. The van der Waals surface area contributed by atoms with E-state index in [0.717, 1.165) is 30.5 Å². The van der Waals surface area contributed by atoms with Crippen molar-refractivity contribution in [2.24, 2.45) is 5.14 Å². The zero-order valence-electron chi connectivity index (χ0n) is 13.7. The lowest BCUT2D eigenvalue weighted by Crippen LogP contribution is -2.31. The van der Waals surface area contributed by atoms with Gasteiger partial charge in [0, 0.05) is 11.3 Å². The van der Waals surface area contributed by atoms with Gasteiger partial charge in [-0.2, -0.15) is 0 Å². The lowest BCUT2D eigenvalue weighted by molar-refractivity contribution is 0.0932. The quantitative estimate of drug-likeness (QED) is 0.723. The molecule has 7 heteroatoms. The fraction of sp³-hybridized carbons (Fsp3) is 0.278. The third-order valence-corrected chi connectivity index (χ3v) is 5.11. The summed E-state index contributed by atoms with van der Waals surface area (Å²) in [6, 6.07) is 12.2. The van der Waals surface area contributed by atoms with Crippen LogP contribution < -0.4 is 16.2 Å². The van der Waals surface area contributed by atoms with Crippen molar-refractivity contribution >= 4 is 21.6 Å². The number of hydrogen-bond acceptors (Lipinski definition) is 4. The molecule has 0 radical (unpaired) electrons. The van der Waals surface area contributed by atoms with Crippen molar-refractivity contribution in [3.05, 3.63) is 64.7 Å². The van der Waals surface area contributed by atoms with Gasteiger partial charge in [0.1, 0.15) is 0 Å². The molecule has 132 valence electrons. The summed E-state index contributed by atoms with van der Waals surface area (Å²) in [6.07, 6.45) is 2.84. The number of amides is 1. The highest BCUT2D eigenvalue weighted by Crippen LogP contribution is 2.31. The highest BCUT2D eigenvalue weighted by atomic mass is 32.2. The van der Waals surface area contributed by atoms with Crippen LogP contribution in [0.2, 0.25) is 0 Å². The average Bonchev–Trinajstić information content (AvgIpc) is 2.54. The van der Waals surface area contributed by atoms with E-state index in [1.807, 2.05) is 18.2 Å². The van der Waals surface area contributed by atoms with Crippen LogP contribution in [0.5, 0.6) is 0 Å². The Morgan fingerprint density at radius 2 is 1.88 bits per heavy atom. The van der Waals surface area contributed by atoms with Gasteiger partial charge in [-0.05, 0) is 60.2 Å². The molecular weight excluding hydrogens is 338 g/mol. The van der Waals surface area contributed by atoms with Crippen LogP contribution in [0.15, 0.2) is 42.5 Å². The summed E-state index contributed by atoms with van der Waals surface area (Å²) < 4.78 is 22.2. The standard InChI is InChI=1S/C18H21N3O3S/c19-15-8-9-16-14(10-15)2-1-3-17(16)21-18(22)13-6-4-12(5-7-13)11-25(20,23)24/h4-10,17H,1-3,11,19H2,(H,21,22)(H2,20,23,24). The monoisotopic (exact) mass is 359 g/mol. The number of nitrogens with two attached hydrogens (primary N) is 2. The molecule has 3 rings (SSSR count). The van der Waals surface area contributed by atoms with E-state index in [4.69, 9.17) is 10.9 Å². The molecule has 6 nitrogen and oxygen atoms in total. The number of carbonyl (C=O) groups is 1. The molecule has 0 fully saturated rings. The number of fused-ring (bicyclic) bond motifs is 1. The minimum atomic E-state index is -3.58. The SMILES string of the molecule is Nc1ccc2c(c1)CCCC2NC(=O)c1ccc(CS(N)(=O)=O)cc1. The van der Waals surface area contributed by atoms with Gasteiger partial charge in [-0.25, -0.2) is 13.6 Å². The van der Waals surface area contributed by atoms with Crippen LogP contribution in [0.25, 0.3) is 0 Å². The molecule has 0 spiro atoms. The minimum absolute atomic E-state index is 0.0408. The summed E-state index contributed by atoms with van der Waals surface area (Å²) in [7, 11) is -3.58. The van der Waals surface area contributed by atoms with E-state index in [0.29, 0.717) is 11.1 Å². The second-order valence-electron chi connectivity index (χ2n) is 6.38. The summed E-state index contributed by atoms with van der Waals surface area (Å²) in [5.74, 6) is -0.427. The topological polar surface area (TPSA) is 115 Å². The van der Waals surface area contributed by atoms with Crippen molar-refractivity contribution in [1.29, 1.82) is 0 Å². The van der Waals surface area contributed by atoms with Gasteiger partial charge in [0.2, 0.25) is 10.0 Å². The van der Waals surface area contributed by atoms with E-state index in [2.05, 4.69) is 5.32 Å². The Bertz CT molecular complexity index is 892. The van der Waals surface area contributed by atoms with Crippen molar-refractivity contribution < 1.29 is 13.2 Å². The van der Waals surface area contributed by atoms with E-state index in [1.165, 1.54) is 5.56 Å². The number of benzene rings is 2. The van der Waals surface area contributed by atoms with Gasteiger partial charge in [0.25, 0.3) is 5.91 Å². The average molecular weight is 359 g/mol. The molecule has 1 atom stereocenters. The van der Waals surface area contributed by atoms with Gasteiger partial charge in [-0.1, -0.05) is 18.2 Å². The van der Waals surface area contributed by atoms with Crippen LogP contribution >= 0.6 is 0 Å². The fourth-order valence-electron chi connectivity index (χ4n) is 3.21. The van der Waals surface area contributed by atoms with Gasteiger partial charge in [-0.3, -0.25) is 4.79 Å². The molecule has 5 N–H and O–H groups in total. The first-order chi connectivity index (χ1) is 11.8. The van der Waals surface area contributed by atoms with Gasteiger partial charge in [-0.15, -0.1) is 0 Å². The van der Waals surface area contributed by atoms with Crippen molar-refractivity contribution in [2.45, 2.75) is 31.1 Å². The van der Waals surface area contributed by atoms with Crippen LogP contribution in [0.1, 0.15) is 45.9 Å². The van der Waals surface area contributed by atoms with Gasteiger partial charge >= 0.3 is 0 Å². The summed E-state index contributed by atoms with van der Waals surface area (Å²) in [6.45, 7) is 0. The van der Waals surface area contributed by atoms with Crippen molar-refractivity contribution in [2.75, 3.05) is 5.73 Å². The maximum absolute atomic E-state index is 12.5. The first-order valence-corrected chi connectivity index (χ1v) is 9.82. The first-order valence-electron chi connectivity index (χ1n) is 8.10.